The van der Waals surface area contributed by atoms with Gasteiger partial charge < -0.3 is 19.5 Å². The monoisotopic (exact) mass is 359 g/mol. The molecule has 2 heterocycles. The highest BCUT2D eigenvalue weighted by Gasteiger charge is 2.70. The van der Waals surface area contributed by atoms with Crippen molar-refractivity contribution in [2.24, 2.45) is 5.41 Å². The van der Waals surface area contributed by atoms with Crippen LogP contribution in [-0.2, 0) is 26.3 Å². The van der Waals surface area contributed by atoms with E-state index in [0.717, 1.165) is 11.1 Å². The minimum absolute atomic E-state index is 0.0970. The number of carboxylic acid groups (broad SMARTS) is 1. The first-order valence-corrected chi connectivity index (χ1v) is 8.70. The van der Waals surface area contributed by atoms with E-state index in [1.807, 2.05) is 6.07 Å². The van der Waals surface area contributed by atoms with Crippen LogP contribution in [0.4, 0.5) is 0 Å². The van der Waals surface area contributed by atoms with E-state index in [-0.39, 0.29) is 31.0 Å². The van der Waals surface area contributed by atoms with E-state index in [1.165, 1.54) is 7.11 Å². The molecule has 0 aromatic heterocycles. The molecule has 3 aliphatic rings. The summed E-state index contributed by atoms with van der Waals surface area (Å²) >= 11 is 0. The van der Waals surface area contributed by atoms with Crippen LogP contribution in [-0.4, -0.2) is 48.4 Å². The van der Waals surface area contributed by atoms with Gasteiger partial charge in [0.05, 0.1) is 19.8 Å². The van der Waals surface area contributed by atoms with Gasteiger partial charge in [0, 0.05) is 25.8 Å². The number of rotatable bonds is 3. The molecule has 2 atom stereocenters. The summed E-state index contributed by atoms with van der Waals surface area (Å²) in [4.78, 5) is 39.1. The molecule has 2 aliphatic heterocycles. The largest absolute Gasteiger partial charge is 0.493 e. The Labute approximate surface area is 150 Å². The molecule has 0 bridgehead atoms. The molecule has 0 radical (unpaired) electrons. The summed E-state index contributed by atoms with van der Waals surface area (Å²) in [5.74, 6) is -0.293. The molecule has 1 saturated carbocycles. The van der Waals surface area contributed by atoms with Crippen molar-refractivity contribution in [3.8, 4) is 11.5 Å². The maximum Gasteiger partial charge on any atom is 0.313 e. The van der Waals surface area contributed by atoms with Gasteiger partial charge in [0.15, 0.2) is 11.5 Å². The number of ether oxygens (including phenoxy) is 2. The van der Waals surface area contributed by atoms with Crippen molar-refractivity contribution in [3.63, 3.8) is 0 Å². The van der Waals surface area contributed by atoms with Crippen molar-refractivity contribution in [2.75, 3.05) is 20.8 Å². The molecule has 1 aliphatic carbocycles. The highest BCUT2D eigenvalue weighted by molar-refractivity contribution is 5.97. The highest BCUT2D eigenvalue weighted by Crippen LogP contribution is 2.62. The molecule has 26 heavy (non-hydrogen) atoms. The maximum absolute atomic E-state index is 12.8. The van der Waals surface area contributed by atoms with Crippen LogP contribution in [0.25, 0.3) is 0 Å². The van der Waals surface area contributed by atoms with Gasteiger partial charge in [0.1, 0.15) is 11.2 Å². The third-order valence-electron chi connectivity index (χ3n) is 6.34. The fraction of sp³-hybridized carbons (Fsp3) is 0.526. The molecule has 2 fully saturated rings. The molecule has 7 nitrogen and oxygen atoms in total. The van der Waals surface area contributed by atoms with E-state index in [4.69, 9.17) is 9.47 Å². The van der Waals surface area contributed by atoms with Crippen molar-refractivity contribution in [1.29, 1.82) is 0 Å². The number of fused-ring (bicyclic) bond motifs is 1. The van der Waals surface area contributed by atoms with Gasteiger partial charge >= 0.3 is 5.97 Å². The molecule has 7 heteroatoms. The predicted octanol–water partition coefficient (Wildman–Crippen LogP) is 1.51. The van der Waals surface area contributed by atoms with E-state index in [2.05, 4.69) is 0 Å². The Morgan fingerprint density at radius 1 is 1.12 bits per heavy atom. The molecular formula is C19H21NO6. The smallest absolute Gasteiger partial charge is 0.313 e. The lowest BCUT2D eigenvalue weighted by molar-refractivity contribution is -0.164. The number of carbonyl (C=O) groups excluding carboxylic acids is 2. The Kier molecular flexibility index (Phi) is 3.54. The topological polar surface area (TPSA) is 93.1 Å². The number of nitrogens with zero attached hydrogens (tertiary/aromatic N) is 1. The number of carboxylic acids is 1. The first-order chi connectivity index (χ1) is 12.4. The lowest BCUT2D eigenvalue weighted by Gasteiger charge is -2.53. The Hall–Kier alpha value is -2.57. The normalized spacial score (nSPS) is 29.7. The lowest BCUT2D eigenvalue weighted by atomic mass is 9.56. The fourth-order valence-corrected chi connectivity index (χ4v) is 5.23. The molecule has 1 amide bonds. The van der Waals surface area contributed by atoms with Crippen molar-refractivity contribution in [1.82, 2.24) is 4.90 Å². The second-order valence-corrected chi connectivity index (χ2v) is 7.30. The van der Waals surface area contributed by atoms with Crippen LogP contribution < -0.4 is 9.47 Å². The molecule has 4 rings (SSSR count). The zero-order valence-electron chi connectivity index (χ0n) is 14.8. The van der Waals surface area contributed by atoms with Crippen LogP contribution in [0, 0.1) is 5.41 Å². The molecule has 0 unspecified atom stereocenters. The molecule has 1 saturated heterocycles. The molecular weight excluding hydrogens is 338 g/mol. The number of amides is 1. The third-order valence-corrected chi connectivity index (χ3v) is 6.34. The Bertz CT molecular complexity index is 834. The molecule has 1 aromatic carbocycles. The SMILES string of the molecule is COc1cc2c(cc1OC)[C@]13CCC(=O)C[C@@]1(C(=O)O)CC(=O)N3CC2. The summed E-state index contributed by atoms with van der Waals surface area (Å²) in [7, 11) is 3.08. The minimum Gasteiger partial charge on any atom is -0.493 e. The van der Waals surface area contributed by atoms with Gasteiger partial charge in [-0.05, 0) is 36.1 Å². The number of hydrogen-bond donors (Lipinski definition) is 1. The van der Waals surface area contributed by atoms with Crippen LogP contribution in [0.3, 0.4) is 0 Å². The van der Waals surface area contributed by atoms with Crippen LogP contribution in [0.5, 0.6) is 11.5 Å². The first-order valence-electron chi connectivity index (χ1n) is 8.70. The minimum atomic E-state index is -1.42. The number of Topliss-reactive ketones (excluding diaryl/α,β-unsaturated/α-hetero) is 1. The summed E-state index contributed by atoms with van der Waals surface area (Å²) in [6.45, 7) is 0.449. The van der Waals surface area contributed by atoms with Gasteiger partial charge in [-0.2, -0.15) is 0 Å². The summed E-state index contributed by atoms with van der Waals surface area (Å²) in [5.41, 5.74) is -0.693. The van der Waals surface area contributed by atoms with Gasteiger partial charge in [0.2, 0.25) is 5.91 Å². The van der Waals surface area contributed by atoms with Gasteiger partial charge in [-0.25, -0.2) is 0 Å². The van der Waals surface area contributed by atoms with Crippen LogP contribution in [0.2, 0.25) is 0 Å². The zero-order chi connectivity index (χ0) is 18.7. The number of hydrogen-bond acceptors (Lipinski definition) is 5. The van der Waals surface area contributed by atoms with E-state index in [0.29, 0.717) is 30.9 Å². The number of methoxy groups -OCH3 is 2. The summed E-state index contributed by atoms with van der Waals surface area (Å²) in [5, 5.41) is 10.1. The van der Waals surface area contributed by atoms with Crippen molar-refractivity contribution in [3.05, 3.63) is 23.3 Å². The highest BCUT2D eigenvalue weighted by atomic mass is 16.5. The van der Waals surface area contributed by atoms with Crippen molar-refractivity contribution < 1.29 is 29.0 Å². The van der Waals surface area contributed by atoms with Crippen LogP contribution in [0.15, 0.2) is 12.1 Å². The fourth-order valence-electron chi connectivity index (χ4n) is 5.23. The van der Waals surface area contributed by atoms with Crippen LogP contribution in [0.1, 0.15) is 36.8 Å². The van der Waals surface area contributed by atoms with E-state index >= 15 is 0 Å². The zero-order valence-corrected chi connectivity index (χ0v) is 14.8. The van der Waals surface area contributed by atoms with Crippen molar-refractivity contribution in [2.45, 2.75) is 37.6 Å². The molecule has 1 spiro atoms. The second-order valence-electron chi connectivity index (χ2n) is 7.30. The third kappa shape index (κ3) is 1.86. The molecule has 1 N–H and O–H groups in total. The average molecular weight is 359 g/mol. The van der Waals surface area contributed by atoms with E-state index in [1.54, 1.807) is 18.1 Å². The standard InChI is InChI=1S/C19H21NO6/c1-25-14-7-11-4-6-20-16(22)10-18(17(23)24)9-12(21)3-5-19(18,20)13(11)8-15(14)26-2/h7-8H,3-6,9-10H2,1-2H3,(H,23,24)/t18-,19+/m0/s1. The predicted molar refractivity (Wildman–Crippen MR) is 90.2 cm³/mol. The number of carbonyl (C=O) groups is 3. The Balaban J connectivity index is 2.02. The Morgan fingerprint density at radius 2 is 1.81 bits per heavy atom. The lowest BCUT2D eigenvalue weighted by Crippen LogP contribution is -2.60. The number of ketones is 1. The number of benzene rings is 1. The van der Waals surface area contributed by atoms with Gasteiger partial charge in [-0.15, -0.1) is 0 Å². The maximum atomic E-state index is 12.8. The van der Waals surface area contributed by atoms with Gasteiger partial charge in [-0.3, -0.25) is 14.4 Å². The summed E-state index contributed by atoms with van der Waals surface area (Å²) < 4.78 is 10.8. The number of aliphatic carboxylic acids is 1. The van der Waals surface area contributed by atoms with E-state index < -0.39 is 16.9 Å². The van der Waals surface area contributed by atoms with Crippen molar-refractivity contribution >= 4 is 17.7 Å². The first kappa shape index (κ1) is 16.9. The van der Waals surface area contributed by atoms with Crippen LogP contribution >= 0.6 is 0 Å². The molecule has 138 valence electrons. The summed E-state index contributed by atoms with van der Waals surface area (Å²) in [6, 6.07) is 3.67. The van der Waals surface area contributed by atoms with Gasteiger partial charge in [-0.1, -0.05) is 0 Å². The summed E-state index contributed by atoms with van der Waals surface area (Å²) in [6.07, 6.45) is 0.964. The Morgan fingerprint density at radius 3 is 2.46 bits per heavy atom. The van der Waals surface area contributed by atoms with Gasteiger partial charge in [0.25, 0.3) is 0 Å². The molecule has 1 aromatic rings. The average Bonchev–Trinajstić information content (AvgIpc) is 2.89. The second kappa shape index (κ2) is 5.46. The quantitative estimate of drug-likeness (QED) is 0.879. The van der Waals surface area contributed by atoms with E-state index in [9.17, 15) is 19.5 Å².